The molecular weight excluding hydrogens is 242 g/mol. The lowest BCUT2D eigenvalue weighted by Crippen LogP contribution is -2.48. The smallest absolute Gasteiger partial charge is 0.118 e. The number of piperidine rings is 1. The fraction of sp³-hybridized carbons (Fsp3) is 0.600. The van der Waals surface area contributed by atoms with Gasteiger partial charge in [-0.3, -0.25) is 4.90 Å². The van der Waals surface area contributed by atoms with Crippen molar-refractivity contribution in [3.63, 3.8) is 0 Å². The van der Waals surface area contributed by atoms with Crippen LogP contribution in [0.2, 0.25) is 0 Å². The van der Waals surface area contributed by atoms with Gasteiger partial charge >= 0.3 is 0 Å². The van der Waals surface area contributed by atoms with Gasteiger partial charge in [-0.1, -0.05) is 12.1 Å². The Hall–Kier alpha value is -1.10. The number of hydrogen-bond donors (Lipinski definition) is 2. The van der Waals surface area contributed by atoms with Crippen LogP contribution in [0.5, 0.6) is 5.75 Å². The highest BCUT2D eigenvalue weighted by Crippen LogP contribution is 2.25. The van der Waals surface area contributed by atoms with Crippen LogP contribution in [0.3, 0.4) is 0 Å². The molecule has 2 atom stereocenters. The second-order valence-electron chi connectivity index (χ2n) is 5.15. The summed E-state index contributed by atoms with van der Waals surface area (Å²) < 4.78 is 5.15. The van der Waals surface area contributed by atoms with E-state index in [2.05, 4.69) is 17.0 Å². The van der Waals surface area contributed by atoms with Gasteiger partial charge < -0.3 is 14.9 Å². The molecule has 1 aliphatic rings. The third-order valence-electron chi connectivity index (χ3n) is 4.00. The minimum atomic E-state index is 0.0702. The summed E-state index contributed by atoms with van der Waals surface area (Å²) in [5.74, 6) is 1.05. The molecular formula is C15H23NO3. The Morgan fingerprint density at radius 1 is 1.21 bits per heavy atom. The Balaban J connectivity index is 2.03. The minimum absolute atomic E-state index is 0.0702. The molecule has 106 valence electrons. The van der Waals surface area contributed by atoms with E-state index in [1.165, 1.54) is 5.56 Å². The molecule has 1 heterocycles. The van der Waals surface area contributed by atoms with Crippen molar-refractivity contribution in [2.45, 2.75) is 25.4 Å². The minimum Gasteiger partial charge on any atom is -0.497 e. The number of methoxy groups -OCH3 is 1. The summed E-state index contributed by atoms with van der Waals surface area (Å²) in [7, 11) is 1.66. The van der Waals surface area contributed by atoms with Crippen molar-refractivity contribution in [2.75, 3.05) is 26.9 Å². The fourth-order valence-corrected chi connectivity index (χ4v) is 2.85. The molecule has 0 aromatic heterocycles. The van der Waals surface area contributed by atoms with E-state index in [4.69, 9.17) is 4.74 Å². The number of nitrogens with zero attached hydrogens (tertiary/aromatic N) is 1. The summed E-state index contributed by atoms with van der Waals surface area (Å²) in [5.41, 5.74) is 1.21. The number of rotatable bonds is 5. The molecule has 1 aliphatic heterocycles. The summed E-state index contributed by atoms with van der Waals surface area (Å²) in [4.78, 5) is 2.27. The van der Waals surface area contributed by atoms with Crippen molar-refractivity contribution in [1.29, 1.82) is 0 Å². The van der Waals surface area contributed by atoms with Gasteiger partial charge in [-0.25, -0.2) is 0 Å². The van der Waals surface area contributed by atoms with E-state index in [-0.39, 0.29) is 25.2 Å². The van der Waals surface area contributed by atoms with Gasteiger partial charge in [-0.15, -0.1) is 0 Å². The van der Waals surface area contributed by atoms with E-state index in [0.29, 0.717) is 0 Å². The average molecular weight is 265 g/mol. The number of benzene rings is 1. The number of hydrogen-bond acceptors (Lipinski definition) is 4. The van der Waals surface area contributed by atoms with Crippen LogP contribution in [0.15, 0.2) is 24.3 Å². The topological polar surface area (TPSA) is 52.9 Å². The fourth-order valence-electron chi connectivity index (χ4n) is 2.85. The second kappa shape index (κ2) is 6.89. The van der Waals surface area contributed by atoms with Crippen LogP contribution in [0.25, 0.3) is 0 Å². The third kappa shape index (κ3) is 3.47. The van der Waals surface area contributed by atoms with Crippen molar-refractivity contribution in [3.05, 3.63) is 29.8 Å². The molecule has 2 rings (SSSR count). The SMILES string of the molecule is COc1ccc(CN2CCCC(CO)C2CO)cc1. The lowest BCUT2D eigenvalue weighted by molar-refractivity contribution is 0.0161. The first-order valence-corrected chi connectivity index (χ1v) is 6.87. The quantitative estimate of drug-likeness (QED) is 0.841. The van der Waals surface area contributed by atoms with Crippen LogP contribution < -0.4 is 4.74 Å². The lowest BCUT2D eigenvalue weighted by atomic mass is 9.90. The monoisotopic (exact) mass is 265 g/mol. The average Bonchev–Trinajstić information content (AvgIpc) is 2.47. The van der Waals surface area contributed by atoms with Crippen LogP contribution in [0, 0.1) is 5.92 Å². The summed E-state index contributed by atoms with van der Waals surface area (Å²) >= 11 is 0. The van der Waals surface area contributed by atoms with Crippen LogP contribution in [0.4, 0.5) is 0 Å². The molecule has 0 amide bonds. The molecule has 0 bridgehead atoms. The maximum Gasteiger partial charge on any atom is 0.118 e. The Morgan fingerprint density at radius 3 is 2.53 bits per heavy atom. The maximum absolute atomic E-state index is 9.55. The van der Waals surface area contributed by atoms with Gasteiger partial charge in [0.2, 0.25) is 0 Å². The van der Waals surface area contributed by atoms with Crippen LogP contribution in [-0.2, 0) is 6.54 Å². The van der Waals surface area contributed by atoms with Gasteiger partial charge in [0.05, 0.1) is 13.7 Å². The number of ether oxygens (including phenoxy) is 1. The van der Waals surface area contributed by atoms with E-state index in [1.807, 2.05) is 12.1 Å². The van der Waals surface area contributed by atoms with Crippen molar-refractivity contribution in [2.24, 2.45) is 5.92 Å². The molecule has 4 heteroatoms. The molecule has 0 saturated carbocycles. The zero-order valence-corrected chi connectivity index (χ0v) is 11.5. The summed E-state index contributed by atoms with van der Waals surface area (Å²) in [6.07, 6.45) is 2.08. The number of likely N-dealkylation sites (tertiary alicyclic amines) is 1. The van der Waals surface area contributed by atoms with E-state index >= 15 is 0 Å². The molecule has 1 fully saturated rings. The highest BCUT2D eigenvalue weighted by atomic mass is 16.5. The molecule has 0 aliphatic carbocycles. The van der Waals surface area contributed by atoms with Crippen LogP contribution in [0.1, 0.15) is 18.4 Å². The first kappa shape index (κ1) is 14.3. The predicted octanol–water partition coefficient (Wildman–Crippen LogP) is 1.26. The molecule has 19 heavy (non-hydrogen) atoms. The predicted molar refractivity (Wildman–Crippen MR) is 74.1 cm³/mol. The first-order valence-electron chi connectivity index (χ1n) is 6.87. The molecule has 4 nitrogen and oxygen atoms in total. The van der Waals surface area contributed by atoms with E-state index < -0.39 is 0 Å². The highest BCUT2D eigenvalue weighted by Gasteiger charge is 2.30. The highest BCUT2D eigenvalue weighted by molar-refractivity contribution is 5.27. The summed E-state index contributed by atoms with van der Waals surface area (Å²) in [5, 5.41) is 18.9. The molecule has 0 spiro atoms. The summed E-state index contributed by atoms with van der Waals surface area (Å²) in [6, 6.07) is 8.08. The zero-order chi connectivity index (χ0) is 13.7. The van der Waals surface area contributed by atoms with Crippen molar-refractivity contribution in [3.8, 4) is 5.75 Å². The number of aliphatic hydroxyl groups excluding tert-OH is 2. The molecule has 2 N–H and O–H groups in total. The largest absolute Gasteiger partial charge is 0.497 e. The van der Waals surface area contributed by atoms with Crippen LogP contribution in [-0.4, -0.2) is 48.0 Å². The first-order chi connectivity index (χ1) is 9.28. The van der Waals surface area contributed by atoms with Crippen LogP contribution >= 0.6 is 0 Å². The van der Waals surface area contributed by atoms with E-state index in [9.17, 15) is 10.2 Å². The van der Waals surface area contributed by atoms with Gasteiger partial charge in [0.25, 0.3) is 0 Å². The maximum atomic E-state index is 9.55. The van der Waals surface area contributed by atoms with Gasteiger partial charge in [0.15, 0.2) is 0 Å². The lowest BCUT2D eigenvalue weighted by Gasteiger charge is -2.39. The van der Waals surface area contributed by atoms with Crippen molar-refractivity contribution < 1.29 is 14.9 Å². The van der Waals surface area contributed by atoms with Gasteiger partial charge in [0, 0.05) is 19.2 Å². The van der Waals surface area contributed by atoms with Crippen molar-refractivity contribution >= 4 is 0 Å². The van der Waals surface area contributed by atoms with Gasteiger partial charge in [-0.05, 0) is 43.0 Å². The van der Waals surface area contributed by atoms with Gasteiger partial charge in [0.1, 0.15) is 5.75 Å². The van der Waals surface area contributed by atoms with E-state index in [0.717, 1.165) is 31.7 Å². The zero-order valence-electron chi connectivity index (χ0n) is 11.5. The Labute approximate surface area is 114 Å². The van der Waals surface area contributed by atoms with Crippen molar-refractivity contribution in [1.82, 2.24) is 4.90 Å². The molecule has 2 unspecified atom stereocenters. The van der Waals surface area contributed by atoms with E-state index in [1.54, 1.807) is 7.11 Å². The molecule has 1 aromatic rings. The Morgan fingerprint density at radius 2 is 1.95 bits per heavy atom. The van der Waals surface area contributed by atoms with Gasteiger partial charge in [-0.2, -0.15) is 0 Å². The Bertz CT molecular complexity index is 379. The standard InChI is InChI=1S/C15H23NO3/c1-19-14-6-4-12(5-7-14)9-16-8-2-3-13(10-17)15(16)11-18/h4-7,13,15,17-18H,2-3,8-11H2,1H3. The number of aliphatic hydroxyl groups is 2. The summed E-state index contributed by atoms with van der Waals surface area (Å²) in [6.45, 7) is 2.06. The Kier molecular flexibility index (Phi) is 5.19. The third-order valence-corrected chi connectivity index (χ3v) is 4.00. The molecule has 0 radical (unpaired) electrons. The molecule has 1 aromatic carbocycles. The second-order valence-corrected chi connectivity index (χ2v) is 5.15. The molecule has 1 saturated heterocycles. The normalized spacial score (nSPS) is 24.4.